The van der Waals surface area contributed by atoms with Crippen molar-refractivity contribution < 1.29 is 0 Å². The Morgan fingerprint density at radius 1 is 1.24 bits per heavy atom. The molecule has 1 fully saturated rings. The van der Waals surface area contributed by atoms with Crippen LogP contribution in [0.4, 0.5) is 0 Å². The van der Waals surface area contributed by atoms with Gasteiger partial charge in [0.2, 0.25) is 5.96 Å². The fourth-order valence-electron chi connectivity index (χ4n) is 2.39. The molecular formula is C13H28N4. The number of aliphatic imine (C=N–C) groups is 1. The molecule has 1 aliphatic rings. The Morgan fingerprint density at radius 2 is 1.94 bits per heavy atom. The van der Waals surface area contributed by atoms with E-state index in [1.807, 2.05) is 0 Å². The highest BCUT2D eigenvalue weighted by atomic mass is 15.3. The highest BCUT2D eigenvalue weighted by Crippen LogP contribution is 2.26. The summed E-state index contributed by atoms with van der Waals surface area (Å²) in [5.74, 6) is 7.17. The normalized spacial score (nSPS) is 25.7. The topological polar surface area (TPSA) is 62.4 Å². The molecule has 0 amide bonds. The summed E-state index contributed by atoms with van der Waals surface area (Å²) < 4.78 is 0. The molecular weight excluding hydrogens is 212 g/mol. The number of hydrogen-bond acceptors (Lipinski definition) is 2. The average molecular weight is 240 g/mol. The summed E-state index contributed by atoms with van der Waals surface area (Å²) in [6, 6.07) is 0.550. The fraction of sp³-hybridized carbons (Fsp3) is 0.923. The molecule has 0 unspecified atom stereocenters. The van der Waals surface area contributed by atoms with Gasteiger partial charge < -0.3 is 5.32 Å². The van der Waals surface area contributed by atoms with E-state index in [0.717, 1.165) is 24.8 Å². The smallest absolute Gasteiger partial charge is 0.205 e. The van der Waals surface area contributed by atoms with E-state index in [1.165, 1.54) is 38.5 Å². The van der Waals surface area contributed by atoms with Crippen LogP contribution >= 0.6 is 0 Å². The van der Waals surface area contributed by atoms with Gasteiger partial charge in [0.15, 0.2) is 0 Å². The Labute approximate surface area is 105 Å². The molecule has 0 aromatic rings. The van der Waals surface area contributed by atoms with Crippen LogP contribution in [-0.4, -0.2) is 18.5 Å². The number of nitrogens with two attached hydrogens (primary N) is 1. The minimum Gasteiger partial charge on any atom is -0.353 e. The van der Waals surface area contributed by atoms with Crippen molar-refractivity contribution in [3.63, 3.8) is 0 Å². The summed E-state index contributed by atoms with van der Waals surface area (Å²) in [7, 11) is 0. The first-order valence-electron chi connectivity index (χ1n) is 7.07. The molecule has 17 heavy (non-hydrogen) atoms. The lowest BCUT2D eigenvalue weighted by atomic mass is 9.85. The van der Waals surface area contributed by atoms with Crippen molar-refractivity contribution in [2.75, 3.05) is 6.54 Å². The summed E-state index contributed by atoms with van der Waals surface area (Å²) >= 11 is 0. The van der Waals surface area contributed by atoms with Crippen molar-refractivity contribution in [3.8, 4) is 0 Å². The first-order valence-corrected chi connectivity index (χ1v) is 7.07. The molecule has 0 saturated heterocycles. The van der Waals surface area contributed by atoms with Crippen molar-refractivity contribution in [3.05, 3.63) is 0 Å². The predicted octanol–water partition coefficient (Wildman–Crippen LogP) is 2.16. The van der Waals surface area contributed by atoms with E-state index < -0.39 is 0 Å². The van der Waals surface area contributed by atoms with E-state index in [4.69, 9.17) is 5.84 Å². The Morgan fingerprint density at radius 3 is 2.47 bits per heavy atom. The molecule has 4 nitrogen and oxygen atoms in total. The van der Waals surface area contributed by atoms with Gasteiger partial charge in [-0.05, 0) is 38.0 Å². The van der Waals surface area contributed by atoms with Gasteiger partial charge in [0.25, 0.3) is 0 Å². The van der Waals surface area contributed by atoms with Gasteiger partial charge in [0.05, 0.1) is 0 Å². The van der Waals surface area contributed by atoms with E-state index in [0.29, 0.717) is 6.04 Å². The molecule has 4 N–H and O–H groups in total. The van der Waals surface area contributed by atoms with Crippen LogP contribution in [0, 0.1) is 5.92 Å². The third-order valence-electron chi connectivity index (χ3n) is 3.68. The van der Waals surface area contributed by atoms with Gasteiger partial charge in [0.1, 0.15) is 0 Å². The zero-order valence-electron chi connectivity index (χ0n) is 11.3. The molecule has 1 rings (SSSR count). The van der Waals surface area contributed by atoms with Crippen LogP contribution in [0.1, 0.15) is 58.8 Å². The lowest BCUT2D eigenvalue weighted by Crippen LogP contribution is -2.47. The molecule has 0 spiro atoms. The summed E-state index contributed by atoms with van der Waals surface area (Å²) in [6.45, 7) is 5.31. The van der Waals surface area contributed by atoms with Gasteiger partial charge in [-0.15, -0.1) is 0 Å². The van der Waals surface area contributed by atoms with Gasteiger partial charge >= 0.3 is 0 Å². The maximum Gasteiger partial charge on any atom is 0.205 e. The van der Waals surface area contributed by atoms with Crippen molar-refractivity contribution >= 4 is 5.96 Å². The number of nitrogens with zero attached hydrogens (tertiary/aromatic N) is 1. The monoisotopic (exact) mass is 240 g/mol. The fourth-order valence-corrected chi connectivity index (χ4v) is 2.39. The highest BCUT2D eigenvalue weighted by Gasteiger charge is 2.20. The minimum absolute atomic E-state index is 0.550. The van der Waals surface area contributed by atoms with Crippen LogP contribution in [0.25, 0.3) is 0 Å². The maximum atomic E-state index is 5.48. The molecule has 0 heterocycles. The zero-order chi connectivity index (χ0) is 12.5. The number of nitrogens with one attached hydrogen (secondary N) is 2. The van der Waals surface area contributed by atoms with Gasteiger partial charge in [-0.1, -0.05) is 26.7 Å². The van der Waals surface area contributed by atoms with E-state index in [-0.39, 0.29) is 0 Å². The van der Waals surface area contributed by atoms with E-state index in [2.05, 4.69) is 29.6 Å². The molecule has 4 heteroatoms. The zero-order valence-corrected chi connectivity index (χ0v) is 11.3. The van der Waals surface area contributed by atoms with Crippen LogP contribution in [0.3, 0.4) is 0 Å². The molecule has 0 atom stereocenters. The highest BCUT2D eigenvalue weighted by molar-refractivity contribution is 5.79. The van der Waals surface area contributed by atoms with Crippen LogP contribution in [-0.2, 0) is 0 Å². The molecule has 0 aromatic heterocycles. The Kier molecular flexibility index (Phi) is 7.01. The SMILES string of the molecule is CCCCN=C(NN)NC1CCC(CC)CC1. The second-order valence-corrected chi connectivity index (χ2v) is 5.00. The van der Waals surface area contributed by atoms with Crippen LogP contribution in [0.2, 0.25) is 0 Å². The van der Waals surface area contributed by atoms with Gasteiger partial charge in [-0.2, -0.15) is 0 Å². The molecule has 0 aromatic carbocycles. The third kappa shape index (κ3) is 5.39. The Hall–Kier alpha value is -0.770. The summed E-state index contributed by atoms with van der Waals surface area (Å²) in [5.41, 5.74) is 2.67. The molecule has 0 radical (unpaired) electrons. The Bertz CT molecular complexity index is 219. The quantitative estimate of drug-likeness (QED) is 0.227. The van der Waals surface area contributed by atoms with E-state index >= 15 is 0 Å². The van der Waals surface area contributed by atoms with Gasteiger partial charge in [-0.3, -0.25) is 10.4 Å². The van der Waals surface area contributed by atoms with Crippen LogP contribution in [0.5, 0.6) is 0 Å². The first-order chi connectivity index (χ1) is 8.30. The second-order valence-electron chi connectivity index (χ2n) is 5.00. The van der Waals surface area contributed by atoms with Crippen LogP contribution < -0.4 is 16.6 Å². The number of unbranched alkanes of at least 4 members (excludes halogenated alkanes) is 1. The molecule has 0 bridgehead atoms. The number of hydrogen-bond donors (Lipinski definition) is 3. The molecule has 100 valence electrons. The molecule has 1 aliphatic carbocycles. The molecule has 1 saturated carbocycles. The second kappa shape index (κ2) is 8.34. The number of hydrazine groups is 1. The molecule has 0 aliphatic heterocycles. The average Bonchev–Trinajstić information content (AvgIpc) is 2.38. The number of guanidine groups is 1. The van der Waals surface area contributed by atoms with E-state index in [1.54, 1.807) is 0 Å². The van der Waals surface area contributed by atoms with Gasteiger partial charge in [0, 0.05) is 12.6 Å². The first kappa shape index (κ1) is 14.3. The predicted molar refractivity (Wildman–Crippen MR) is 73.7 cm³/mol. The lowest BCUT2D eigenvalue weighted by Gasteiger charge is -2.29. The number of rotatable bonds is 5. The van der Waals surface area contributed by atoms with Crippen molar-refractivity contribution in [1.82, 2.24) is 10.7 Å². The third-order valence-corrected chi connectivity index (χ3v) is 3.68. The lowest BCUT2D eigenvalue weighted by molar-refractivity contribution is 0.304. The Balaban J connectivity index is 2.29. The van der Waals surface area contributed by atoms with Gasteiger partial charge in [-0.25, -0.2) is 5.84 Å². The summed E-state index contributed by atoms with van der Waals surface area (Å²) in [4.78, 5) is 4.43. The van der Waals surface area contributed by atoms with E-state index in [9.17, 15) is 0 Å². The van der Waals surface area contributed by atoms with Crippen LogP contribution in [0.15, 0.2) is 4.99 Å². The minimum atomic E-state index is 0.550. The maximum absolute atomic E-state index is 5.48. The standard InChI is InChI=1S/C13H28N4/c1-3-5-10-15-13(17-14)16-12-8-6-11(4-2)7-9-12/h11-12H,3-10,14H2,1-2H3,(H2,15,16,17). The van der Waals surface area contributed by atoms with Crippen molar-refractivity contribution in [2.45, 2.75) is 64.8 Å². The largest absolute Gasteiger partial charge is 0.353 e. The summed E-state index contributed by atoms with van der Waals surface area (Å²) in [6.07, 6.45) is 8.76. The summed E-state index contributed by atoms with van der Waals surface area (Å²) in [5, 5.41) is 3.42. The van der Waals surface area contributed by atoms with Crippen molar-refractivity contribution in [2.24, 2.45) is 16.8 Å². The van der Waals surface area contributed by atoms with Crippen molar-refractivity contribution in [1.29, 1.82) is 0 Å².